The normalized spacial score (nSPS) is 11.1. The fourth-order valence-corrected chi connectivity index (χ4v) is 1.49. The SMILES string of the molecule is Oc1ccccc1/C=C/c1cc(F)c(F)c(F)c1. The summed E-state index contributed by atoms with van der Waals surface area (Å²) < 4.78 is 38.6. The number of hydrogen-bond donors (Lipinski definition) is 1. The molecule has 2 rings (SSSR count). The van der Waals surface area contributed by atoms with E-state index < -0.39 is 17.5 Å². The molecule has 0 fully saturated rings. The minimum atomic E-state index is -1.49. The van der Waals surface area contributed by atoms with Crippen LogP contribution in [0.2, 0.25) is 0 Å². The average Bonchev–Trinajstić information content (AvgIpc) is 2.35. The van der Waals surface area contributed by atoms with E-state index in [1.807, 2.05) is 0 Å². The second-order valence-corrected chi connectivity index (χ2v) is 3.69. The molecule has 18 heavy (non-hydrogen) atoms. The van der Waals surface area contributed by atoms with Crippen LogP contribution in [0.5, 0.6) is 5.75 Å². The van der Waals surface area contributed by atoms with Gasteiger partial charge in [-0.3, -0.25) is 0 Å². The summed E-state index contributed by atoms with van der Waals surface area (Å²) in [5.74, 6) is -3.93. The van der Waals surface area contributed by atoms with Crippen molar-refractivity contribution in [3.05, 3.63) is 65.0 Å². The Bertz CT molecular complexity index is 583. The lowest BCUT2D eigenvalue weighted by Gasteiger charge is -1.99. The Balaban J connectivity index is 2.33. The third-order valence-corrected chi connectivity index (χ3v) is 2.40. The van der Waals surface area contributed by atoms with E-state index in [0.29, 0.717) is 5.56 Å². The summed E-state index contributed by atoms with van der Waals surface area (Å²) in [6.45, 7) is 0. The highest BCUT2D eigenvalue weighted by Crippen LogP contribution is 2.20. The van der Waals surface area contributed by atoms with Crippen LogP contribution in [0.15, 0.2) is 36.4 Å². The van der Waals surface area contributed by atoms with Gasteiger partial charge in [-0.2, -0.15) is 0 Å². The molecule has 2 aromatic carbocycles. The van der Waals surface area contributed by atoms with Crippen molar-refractivity contribution in [2.45, 2.75) is 0 Å². The van der Waals surface area contributed by atoms with Gasteiger partial charge in [-0.15, -0.1) is 0 Å². The van der Waals surface area contributed by atoms with E-state index in [-0.39, 0.29) is 11.3 Å². The molecule has 1 N–H and O–H groups in total. The Hall–Kier alpha value is -2.23. The van der Waals surface area contributed by atoms with Crippen molar-refractivity contribution >= 4 is 12.2 Å². The summed E-state index contributed by atoms with van der Waals surface area (Å²) in [6, 6.07) is 8.27. The molecule has 0 amide bonds. The summed E-state index contributed by atoms with van der Waals surface area (Å²) in [5, 5.41) is 9.48. The highest BCUT2D eigenvalue weighted by Gasteiger charge is 2.08. The number of aromatic hydroxyl groups is 1. The van der Waals surface area contributed by atoms with E-state index >= 15 is 0 Å². The molecule has 0 heterocycles. The maximum Gasteiger partial charge on any atom is 0.194 e. The van der Waals surface area contributed by atoms with Crippen molar-refractivity contribution in [3.63, 3.8) is 0 Å². The molecule has 0 radical (unpaired) electrons. The fourth-order valence-electron chi connectivity index (χ4n) is 1.49. The number of phenols is 1. The van der Waals surface area contributed by atoms with Gasteiger partial charge in [0.25, 0.3) is 0 Å². The quantitative estimate of drug-likeness (QED) is 0.631. The van der Waals surface area contributed by atoms with Gasteiger partial charge in [0.05, 0.1) is 0 Å². The van der Waals surface area contributed by atoms with Gasteiger partial charge in [0, 0.05) is 5.56 Å². The molecule has 0 atom stereocenters. The molecule has 0 bridgehead atoms. The maximum atomic E-state index is 12.9. The molecular weight excluding hydrogens is 241 g/mol. The molecule has 0 aromatic heterocycles. The van der Waals surface area contributed by atoms with Gasteiger partial charge in [0.15, 0.2) is 17.5 Å². The molecule has 4 heteroatoms. The molecule has 0 aliphatic heterocycles. The second kappa shape index (κ2) is 4.96. The summed E-state index contributed by atoms with van der Waals surface area (Å²) >= 11 is 0. The molecule has 2 aromatic rings. The topological polar surface area (TPSA) is 20.2 Å². The van der Waals surface area contributed by atoms with Crippen LogP contribution >= 0.6 is 0 Å². The Morgan fingerprint density at radius 3 is 2.11 bits per heavy atom. The Morgan fingerprint density at radius 2 is 1.50 bits per heavy atom. The molecule has 0 unspecified atom stereocenters. The van der Waals surface area contributed by atoms with E-state index in [9.17, 15) is 18.3 Å². The van der Waals surface area contributed by atoms with Gasteiger partial charge in [-0.25, -0.2) is 13.2 Å². The first kappa shape index (κ1) is 12.2. The third kappa shape index (κ3) is 2.53. The molecule has 0 aliphatic rings. The largest absolute Gasteiger partial charge is 0.507 e. The number of rotatable bonds is 2. The highest BCUT2D eigenvalue weighted by molar-refractivity contribution is 5.72. The first-order valence-corrected chi connectivity index (χ1v) is 5.18. The Labute approximate surface area is 102 Å². The van der Waals surface area contributed by atoms with E-state index in [1.54, 1.807) is 18.2 Å². The van der Waals surface area contributed by atoms with Crippen LogP contribution in [0.25, 0.3) is 12.2 Å². The van der Waals surface area contributed by atoms with Gasteiger partial charge in [-0.05, 0) is 23.8 Å². The van der Waals surface area contributed by atoms with Crippen molar-refractivity contribution in [1.29, 1.82) is 0 Å². The smallest absolute Gasteiger partial charge is 0.194 e. The van der Waals surface area contributed by atoms with Crippen LogP contribution in [-0.2, 0) is 0 Å². The number of para-hydroxylation sites is 1. The van der Waals surface area contributed by atoms with Crippen molar-refractivity contribution in [1.82, 2.24) is 0 Å². The summed E-state index contributed by atoms with van der Waals surface area (Å²) in [5.41, 5.74) is 0.678. The van der Waals surface area contributed by atoms with Gasteiger partial charge < -0.3 is 5.11 Å². The van der Waals surface area contributed by atoms with Gasteiger partial charge in [-0.1, -0.05) is 30.4 Å². The molecule has 1 nitrogen and oxygen atoms in total. The predicted octanol–water partition coefficient (Wildman–Crippen LogP) is 3.98. The van der Waals surface area contributed by atoms with Crippen molar-refractivity contribution in [3.8, 4) is 5.75 Å². The summed E-state index contributed by atoms with van der Waals surface area (Å²) in [6.07, 6.45) is 2.88. The maximum absolute atomic E-state index is 12.9. The van der Waals surface area contributed by atoms with Crippen molar-refractivity contribution in [2.75, 3.05) is 0 Å². The number of halogens is 3. The van der Waals surface area contributed by atoms with Gasteiger partial charge in [0.2, 0.25) is 0 Å². The zero-order valence-corrected chi connectivity index (χ0v) is 9.20. The zero-order chi connectivity index (χ0) is 13.1. The first-order chi connectivity index (χ1) is 8.58. The molecule has 0 saturated carbocycles. The Kier molecular flexibility index (Phi) is 3.37. The lowest BCUT2D eigenvalue weighted by Crippen LogP contribution is -1.90. The first-order valence-electron chi connectivity index (χ1n) is 5.18. The van der Waals surface area contributed by atoms with Gasteiger partial charge in [0.1, 0.15) is 5.75 Å². The molecule has 0 saturated heterocycles. The third-order valence-electron chi connectivity index (χ3n) is 2.40. The lowest BCUT2D eigenvalue weighted by molar-refractivity contribution is 0.447. The zero-order valence-electron chi connectivity index (χ0n) is 9.20. The van der Waals surface area contributed by atoms with E-state index in [4.69, 9.17) is 0 Å². The molecule has 0 spiro atoms. The average molecular weight is 250 g/mol. The number of phenolic OH excluding ortho intramolecular Hbond substituents is 1. The van der Waals surface area contributed by atoms with E-state index in [0.717, 1.165) is 12.1 Å². The van der Waals surface area contributed by atoms with E-state index in [1.165, 1.54) is 18.2 Å². The minimum absolute atomic E-state index is 0.0526. The highest BCUT2D eigenvalue weighted by atomic mass is 19.2. The minimum Gasteiger partial charge on any atom is -0.507 e. The molecular formula is C14H9F3O. The lowest BCUT2D eigenvalue weighted by atomic mass is 10.1. The van der Waals surface area contributed by atoms with E-state index in [2.05, 4.69) is 0 Å². The molecule has 92 valence electrons. The monoisotopic (exact) mass is 250 g/mol. The van der Waals surface area contributed by atoms with Crippen LogP contribution in [0.4, 0.5) is 13.2 Å². The second-order valence-electron chi connectivity index (χ2n) is 3.69. The predicted molar refractivity (Wildman–Crippen MR) is 63.4 cm³/mol. The fraction of sp³-hybridized carbons (Fsp3) is 0. The van der Waals surface area contributed by atoms with Crippen molar-refractivity contribution < 1.29 is 18.3 Å². The van der Waals surface area contributed by atoms with Crippen LogP contribution < -0.4 is 0 Å². The van der Waals surface area contributed by atoms with Crippen molar-refractivity contribution in [2.24, 2.45) is 0 Å². The number of hydrogen-bond acceptors (Lipinski definition) is 1. The van der Waals surface area contributed by atoms with Gasteiger partial charge >= 0.3 is 0 Å². The van der Waals surface area contributed by atoms with Crippen LogP contribution in [-0.4, -0.2) is 5.11 Å². The number of benzene rings is 2. The standard InChI is InChI=1S/C14H9F3O/c15-11-7-9(8-12(16)14(11)17)5-6-10-3-1-2-4-13(10)18/h1-8,18H/b6-5+. The van der Waals surface area contributed by atoms with Crippen LogP contribution in [0, 0.1) is 17.5 Å². The Morgan fingerprint density at radius 1 is 0.889 bits per heavy atom. The van der Waals surface area contributed by atoms with Crippen LogP contribution in [0.1, 0.15) is 11.1 Å². The summed E-state index contributed by atoms with van der Waals surface area (Å²) in [4.78, 5) is 0. The van der Waals surface area contributed by atoms with Crippen LogP contribution in [0.3, 0.4) is 0 Å². The summed E-state index contributed by atoms with van der Waals surface area (Å²) in [7, 11) is 0. The molecule has 0 aliphatic carbocycles.